The molecule has 0 aromatic carbocycles. The Bertz CT molecular complexity index is 392. The first kappa shape index (κ1) is 29.3. The lowest BCUT2D eigenvalue weighted by Crippen LogP contribution is -2.47. The summed E-state index contributed by atoms with van der Waals surface area (Å²) < 4.78 is 24.3. The maximum atomic E-state index is 11.8. The average molecular weight is 445 g/mol. The normalized spacial score (nSPS) is 11.6. The van der Waals surface area contributed by atoms with Crippen LogP contribution in [0.4, 0.5) is 0 Å². The van der Waals surface area contributed by atoms with Crippen LogP contribution in [0.15, 0.2) is 12.2 Å². The van der Waals surface area contributed by atoms with Crippen molar-refractivity contribution in [2.75, 3.05) is 26.4 Å². The standard InChI is InChI=1S/C24H48O5Si/c1-6-9-12-15-18-27-30(28-19-16-13-10-7-2,29-20-17-14-11-8-3)22-21-26-24(25)23(4)5/h4,6-22H2,1-3,5H3. The van der Waals surface area contributed by atoms with Gasteiger partial charge in [0.1, 0.15) is 0 Å². The summed E-state index contributed by atoms with van der Waals surface area (Å²) in [6.45, 7) is 14.1. The Labute approximate surface area is 187 Å². The lowest BCUT2D eigenvalue weighted by Gasteiger charge is -2.30. The van der Waals surface area contributed by atoms with Gasteiger partial charge in [-0.1, -0.05) is 85.1 Å². The van der Waals surface area contributed by atoms with Crippen LogP contribution in [0.2, 0.25) is 6.04 Å². The van der Waals surface area contributed by atoms with E-state index in [2.05, 4.69) is 27.4 Å². The summed E-state index contributed by atoms with van der Waals surface area (Å²) in [6.07, 6.45) is 13.7. The molecule has 30 heavy (non-hydrogen) atoms. The monoisotopic (exact) mass is 444 g/mol. The van der Waals surface area contributed by atoms with Gasteiger partial charge in [-0.05, 0) is 26.2 Å². The summed E-state index contributed by atoms with van der Waals surface area (Å²) >= 11 is 0. The van der Waals surface area contributed by atoms with Crippen LogP contribution in [0, 0.1) is 0 Å². The molecule has 0 radical (unpaired) electrons. The third-order valence-electron chi connectivity index (χ3n) is 4.95. The predicted molar refractivity (Wildman–Crippen MR) is 127 cm³/mol. The van der Waals surface area contributed by atoms with Gasteiger partial charge in [-0.15, -0.1) is 0 Å². The highest BCUT2D eigenvalue weighted by Gasteiger charge is 2.41. The van der Waals surface area contributed by atoms with Crippen molar-refractivity contribution in [1.82, 2.24) is 0 Å². The van der Waals surface area contributed by atoms with Crippen LogP contribution in [-0.2, 0) is 22.8 Å². The molecular weight excluding hydrogens is 396 g/mol. The van der Waals surface area contributed by atoms with E-state index in [0.29, 0.717) is 31.4 Å². The zero-order valence-corrected chi connectivity index (χ0v) is 21.3. The van der Waals surface area contributed by atoms with Gasteiger partial charge in [-0.25, -0.2) is 4.79 Å². The van der Waals surface area contributed by atoms with Gasteiger partial charge in [0.05, 0.1) is 12.7 Å². The van der Waals surface area contributed by atoms with Crippen molar-refractivity contribution >= 4 is 14.8 Å². The van der Waals surface area contributed by atoms with Crippen LogP contribution in [0.1, 0.15) is 105 Å². The molecule has 5 nitrogen and oxygen atoms in total. The Morgan fingerprint density at radius 3 is 1.40 bits per heavy atom. The van der Waals surface area contributed by atoms with Crippen molar-refractivity contribution in [3.8, 4) is 0 Å². The molecule has 0 rings (SSSR count). The van der Waals surface area contributed by atoms with E-state index < -0.39 is 8.80 Å². The van der Waals surface area contributed by atoms with Gasteiger partial charge >= 0.3 is 14.8 Å². The first-order valence-corrected chi connectivity index (χ1v) is 14.2. The molecule has 0 aliphatic heterocycles. The molecule has 0 aliphatic carbocycles. The molecule has 0 fully saturated rings. The van der Waals surface area contributed by atoms with E-state index in [1.807, 2.05) is 0 Å². The Morgan fingerprint density at radius 2 is 1.07 bits per heavy atom. The molecule has 0 aromatic rings. The second-order valence-corrected chi connectivity index (χ2v) is 10.8. The average Bonchev–Trinajstić information content (AvgIpc) is 2.73. The van der Waals surface area contributed by atoms with Crippen molar-refractivity contribution in [3.05, 3.63) is 12.2 Å². The molecule has 0 atom stereocenters. The minimum atomic E-state index is -2.88. The van der Waals surface area contributed by atoms with E-state index in [4.69, 9.17) is 18.0 Å². The minimum absolute atomic E-state index is 0.247. The quantitative estimate of drug-likeness (QED) is 0.0792. The van der Waals surface area contributed by atoms with Gasteiger partial charge in [0.15, 0.2) is 0 Å². The fourth-order valence-electron chi connectivity index (χ4n) is 3.00. The van der Waals surface area contributed by atoms with Crippen molar-refractivity contribution < 1.29 is 22.8 Å². The molecule has 0 saturated carbocycles. The number of hydrogen-bond donors (Lipinski definition) is 0. The summed E-state index contributed by atoms with van der Waals surface area (Å²) in [5.41, 5.74) is 0.406. The van der Waals surface area contributed by atoms with E-state index in [9.17, 15) is 4.79 Å². The number of unbranched alkanes of at least 4 members (excludes halogenated alkanes) is 9. The lowest BCUT2D eigenvalue weighted by molar-refractivity contribution is -0.138. The first-order chi connectivity index (χ1) is 14.5. The van der Waals surface area contributed by atoms with Crippen LogP contribution in [0.5, 0.6) is 0 Å². The Kier molecular flexibility index (Phi) is 19.8. The molecule has 0 heterocycles. The molecule has 0 N–H and O–H groups in total. The highest BCUT2D eigenvalue weighted by Crippen LogP contribution is 2.20. The SMILES string of the molecule is C=C(C)C(=O)OCC[Si](OCCCCCC)(OCCCCCC)OCCCCCC. The zero-order chi connectivity index (χ0) is 22.5. The van der Waals surface area contributed by atoms with E-state index in [1.165, 1.54) is 38.5 Å². The van der Waals surface area contributed by atoms with Crippen LogP contribution >= 0.6 is 0 Å². The maximum absolute atomic E-state index is 11.8. The third-order valence-corrected chi connectivity index (χ3v) is 7.70. The van der Waals surface area contributed by atoms with Crippen molar-refractivity contribution in [2.24, 2.45) is 0 Å². The predicted octanol–water partition coefficient (Wildman–Crippen LogP) is 6.84. The first-order valence-electron chi connectivity index (χ1n) is 12.3. The van der Waals surface area contributed by atoms with E-state index in [1.54, 1.807) is 6.92 Å². The number of rotatable bonds is 22. The highest BCUT2D eigenvalue weighted by molar-refractivity contribution is 6.60. The topological polar surface area (TPSA) is 54.0 Å². The Hall–Kier alpha value is -0.693. The molecule has 0 amide bonds. The molecule has 0 aliphatic rings. The smallest absolute Gasteiger partial charge is 0.462 e. The number of esters is 1. The Morgan fingerprint density at radius 1 is 0.667 bits per heavy atom. The zero-order valence-electron chi connectivity index (χ0n) is 20.3. The Balaban J connectivity index is 4.89. The molecular formula is C24H48O5Si. The van der Waals surface area contributed by atoms with Gasteiger partial charge in [0, 0.05) is 25.4 Å². The second-order valence-electron chi connectivity index (χ2n) is 8.08. The fraction of sp³-hybridized carbons (Fsp3) is 0.875. The molecule has 0 bridgehead atoms. The molecule has 0 spiro atoms. The van der Waals surface area contributed by atoms with Gasteiger partial charge < -0.3 is 18.0 Å². The second kappa shape index (κ2) is 20.2. The summed E-state index contributed by atoms with van der Waals surface area (Å²) in [6, 6.07) is 0.501. The molecule has 0 aromatic heterocycles. The van der Waals surface area contributed by atoms with Crippen LogP contribution < -0.4 is 0 Å². The molecule has 0 unspecified atom stereocenters. The number of carbonyl (C=O) groups is 1. The number of hydrogen-bond acceptors (Lipinski definition) is 5. The maximum Gasteiger partial charge on any atom is 0.504 e. The van der Waals surface area contributed by atoms with E-state index in [0.717, 1.165) is 38.5 Å². The fourth-order valence-corrected chi connectivity index (χ4v) is 5.40. The van der Waals surface area contributed by atoms with Crippen LogP contribution in [0.3, 0.4) is 0 Å². The van der Waals surface area contributed by atoms with Crippen molar-refractivity contribution in [1.29, 1.82) is 0 Å². The summed E-state index contributed by atoms with van der Waals surface area (Å²) in [4.78, 5) is 11.8. The third kappa shape index (κ3) is 16.1. The van der Waals surface area contributed by atoms with E-state index in [-0.39, 0.29) is 12.6 Å². The molecule has 178 valence electrons. The summed E-state index contributed by atoms with van der Waals surface area (Å²) in [7, 11) is -2.88. The van der Waals surface area contributed by atoms with Gasteiger partial charge in [0.2, 0.25) is 0 Å². The minimum Gasteiger partial charge on any atom is -0.462 e. The molecule has 6 heteroatoms. The van der Waals surface area contributed by atoms with Gasteiger partial charge in [0.25, 0.3) is 0 Å². The van der Waals surface area contributed by atoms with Gasteiger partial charge in [-0.2, -0.15) is 0 Å². The highest BCUT2D eigenvalue weighted by atomic mass is 28.4. The largest absolute Gasteiger partial charge is 0.504 e. The van der Waals surface area contributed by atoms with E-state index >= 15 is 0 Å². The van der Waals surface area contributed by atoms with Crippen LogP contribution in [0.25, 0.3) is 0 Å². The summed E-state index contributed by atoms with van der Waals surface area (Å²) in [5.74, 6) is -0.369. The summed E-state index contributed by atoms with van der Waals surface area (Å²) in [5, 5.41) is 0. The number of carbonyl (C=O) groups excluding carboxylic acids is 1. The van der Waals surface area contributed by atoms with Gasteiger partial charge in [-0.3, -0.25) is 0 Å². The van der Waals surface area contributed by atoms with Crippen molar-refractivity contribution in [3.63, 3.8) is 0 Å². The van der Waals surface area contributed by atoms with Crippen molar-refractivity contribution in [2.45, 2.75) is 111 Å². The number of ether oxygens (including phenoxy) is 1. The van der Waals surface area contributed by atoms with Crippen LogP contribution in [-0.4, -0.2) is 41.2 Å². The molecule has 0 saturated heterocycles. The lowest BCUT2D eigenvalue weighted by atomic mass is 10.2.